The zero-order valence-corrected chi connectivity index (χ0v) is 21.9. The van der Waals surface area contributed by atoms with Crippen molar-refractivity contribution in [3.63, 3.8) is 0 Å². The van der Waals surface area contributed by atoms with Crippen LogP contribution in [0.15, 0.2) is 78.8 Å². The van der Waals surface area contributed by atoms with E-state index >= 15 is 0 Å². The second-order valence-corrected chi connectivity index (χ2v) is 8.95. The zero-order valence-electron chi connectivity index (χ0n) is 21.1. The quantitative estimate of drug-likeness (QED) is 0.269. The van der Waals surface area contributed by atoms with Crippen LogP contribution in [0.3, 0.4) is 0 Å². The predicted octanol–water partition coefficient (Wildman–Crippen LogP) is 5.96. The van der Waals surface area contributed by atoms with Gasteiger partial charge in [-0.1, -0.05) is 12.1 Å². The Hall–Kier alpha value is -4.91. The Bertz CT molecular complexity index is 1640. The van der Waals surface area contributed by atoms with Crippen molar-refractivity contribution in [1.29, 1.82) is 0 Å². The van der Waals surface area contributed by atoms with Crippen LogP contribution in [0, 0.1) is 0 Å². The molecule has 40 heavy (non-hydrogen) atoms. The van der Waals surface area contributed by atoms with Crippen molar-refractivity contribution in [3.05, 3.63) is 90.0 Å². The Kier molecular flexibility index (Phi) is 8.64. The number of benzene rings is 2. The molecule has 5 aromatic rings. The number of carbonyl (C=O) groups is 2. The van der Waals surface area contributed by atoms with Crippen LogP contribution < -0.4 is 15.4 Å². The Labute approximate surface area is 230 Å². The largest absolute Gasteiger partial charge is 0.437 e. The molecule has 13 heteroatoms. The van der Waals surface area contributed by atoms with Gasteiger partial charge in [-0.3, -0.25) is 14.6 Å². The topological polar surface area (TPSA) is 119 Å². The SMILES string of the molecule is CNC(C)=O.O=C(Nc1cc(C(F)(F)F)ccc1-c1cc(Oc2cccc3scnc23)ncn1)c1cccnc1. The maximum absolute atomic E-state index is 13.4. The molecule has 5 rings (SSSR count). The van der Waals surface area contributed by atoms with Crippen LogP contribution in [0.25, 0.3) is 21.5 Å². The zero-order chi connectivity index (χ0) is 28.7. The average Bonchev–Trinajstić information content (AvgIpc) is 3.44. The van der Waals surface area contributed by atoms with E-state index in [2.05, 4.69) is 30.6 Å². The number of hydrogen-bond acceptors (Lipinski definition) is 8. The Morgan fingerprint density at radius 1 is 1.00 bits per heavy atom. The first kappa shape index (κ1) is 28.1. The van der Waals surface area contributed by atoms with Crippen LogP contribution in [0.2, 0.25) is 0 Å². The molecule has 2 amide bonds. The third kappa shape index (κ3) is 6.94. The third-order valence-electron chi connectivity index (χ3n) is 5.33. The molecule has 0 unspecified atom stereocenters. The van der Waals surface area contributed by atoms with Crippen molar-refractivity contribution >= 4 is 39.1 Å². The number of nitrogens with zero attached hydrogens (tertiary/aromatic N) is 4. The molecule has 3 aromatic heterocycles. The minimum absolute atomic E-state index is 0.00463. The lowest BCUT2D eigenvalue weighted by Crippen LogP contribution is -2.14. The highest BCUT2D eigenvalue weighted by Crippen LogP contribution is 2.37. The van der Waals surface area contributed by atoms with Crippen molar-refractivity contribution in [2.75, 3.05) is 12.4 Å². The van der Waals surface area contributed by atoms with E-state index in [4.69, 9.17) is 4.74 Å². The highest BCUT2D eigenvalue weighted by Gasteiger charge is 2.31. The van der Waals surface area contributed by atoms with Crippen LogP contribution >= 0.6 is 11.3 Å². The van der Waals surface area contributed by atoms with Gasteiger partial charge in [-0.25, -0.2) is 15.0 Å². The molecule has 0 spiro atoms. The molecule has 2 aromatic carbocycles. The summed E-state index contributed by atoms with van der Waals surface area (Å²) in [5, 5.41) is 4.93. The lowest BCUT2D eigenvalue weighted by molar-refractivity contribution is -0.137. The fourth-order valence-corrected chi connectivity index (χ4v) is 4.03. The van der Waals surface area contributed by atoms with Crippen LogP contribution in [0.1, 0.15) is 22.8 Å². The number of para-hydroxylation sites is 1. The number of anilines is 1. The van der Waals surface area contributed by atoms with Crippen molar-refractivity contribution in [1.82, 2.24) is 25.3 Å². The molecule has 0 aliphatic carbocycles. The van der Waals surface area contributed by atoms with E-state index in [1.54, 1.807) is 24.7 Å². The molecule has 0 saturated heterocycles. The molecule has 0 bridgehead atoms. The van der Waals surface area contributed by atoms with E-state index in [0.29, 0.717) is 11.3 Å². The smallest absolute Gasteiger partial charge is 0.416 e. The second kappa shape index (κ2) is 12.3. The van der Waals surface area contributed by atoms with Gasteiger partial charge in [0.1, 0.15) is 11.8 Å². The first-order chi connectivity index (χ1) is 19.2. The minimum Gasteiger partial charge on any atom is -0.437 e. The molecule has 3 heterocycles. The normalized spacial score (nSPS) is 10.8. The van der Waals surface area contributed by atoms with Crippen molar-refractivity contribution in [2.24, 2.45) is 0 Å². The molecule has 0 atom stereocenters. The Morgan fingerprint density at radius 3 is 2.50 bits per heavy atom. The van der Waals surface area contributed by atoms with Gasteiger partial charge in [0.2, 0.25) is 11.8 Å². The molecular weight excluding hydrogens is 545 g/mol. The minimum atomic E-state index is -4.60. The summed E-state index contributed by atoms with van der Waals surface area (Å²) in [5.41, 5.74) is 2.09. The van der Waals surface area contributed by atoms with Gasteiger partial charge in [0.25, 0.3) is 5.91 Å². The van der Waals surface area contributed by atoms with Gasteiger partial charge < -0.3 is 15.4 Å². The number of carbonyl (C=O) groups excluding carboxylic acids is 2. The summed E-state index contributed by atoms with van der Waals surface area (Å²) in [5.74, 6) is 0.0373. The number of alkyl halides is 3. The molecule has 2 N–H and O–H groups in total. The van der Waals surface area contributed by atoms with E-state index in [1.165, 1.54) is 55.2 Å². The van der Waals surface area contributed by atoms with Crippen LogP contribution in [-0.2, 0) is 11.0 Å². The standard InChI is InChI=1S/C24H14F3N5O2S.C3H7NO/c25-24(26,27)15-6-7-16(18(9-15)32-23(33)14-3-2-8-28-11-14)17-10-21(30-12-29-17)34-19-4-1-5-20-22(19)31-13-35-20;1-3(5)4-2/h1-13H,(H,32,33);1-2H3,(H,4,5). The molecular formula is C27H21F3N6O3S. The summed E-state index contributed by atoms with van der Waals surface area (Å²) >= 11 is 1.46. The van der Waals surface area contributed by atoms with Gasteiger partial charge in [-0.2, -0.15) is 13.2 Å². The van der Waals surface area contributed by atoms with E-state index in [0.717, 1.165) is 16.8 Å². The second-order valence-electron chi connectivity index (χ2n) is 8.06. The first-order valence-electron chi connectivity index (χ1n) is 11.6. The van der Waals surface area contributed by atoms with E-state index in [-0.39, 0.29) is 34.3 Å². The number of fused-ring (bicyclic) bond motifs is 1. The first-order valence-corrected chi connectivity index (χ1v) is 12.5. The Morgan fingerprint density at radius 2 is 1.80 bits per heavy atom. The van der Waals surface area contributed by atoms with Gasteiger partial charge in [0.15, 0.2) is 5.75 Å². The molecule has 0 fully saturated rings. The lowest BCUT2D eigenvalue weighted by atomic mass is 10.0. The average molecular weight is 567 g/mol. The number of hydrogen-bond donors (Lipinski definition) is 2. The summed E-state index contributed by atoms with van der Waals surface area (Å²) in [7, 11) is 1.60. The summed E-state index contributed by atoms with van der Waals surface area (Å²) in [4.78, 5) is 38.8. The lowest BCUT2D eigenvalue weighted by Gasteiger charge is -2.15. The summed E-state index contributed by atoms with van der Waals surface area (Å²) < 4.78 is 47.0. The monoisotopic (exact) mass is 566 g/mol. The number of amides is 2. The number of nitrogens with one attached hydrogen (secondary N) is 2. The van der Waals surface area contributed by atoms with Gasteiger partial charge in [-0.15, -0.1) is 11.3 Å². The number of aromatic nitrogens is 4. The molecule has 0 aliphatic heterocycles. The Balaban J connectivity index is 0.000000681. The number of pyridine rings is 1. The molecule has 0 saturated carbocycles. The van der Waals surface area contributed by atoms with E-state index in [1.807, 2.05) is 12.1 Å². The molecule has 0 radical (unpaired) electrons. The fourth-order valence-electron chi connectivity index (χ4n) is 3.34. The maximum Gasteiger partial charge on any atom is 0.416 e. The van der Waals surface area contributed by atoms with E-state index in [9.17, 15) is 22.8 Å². The molecule has 0 aliphatic rings. The fraction of sp³-hybridized carbons (Fsp3) is 0.111. The summed E-state index contributed by atoms with van der Waals surface area (Å²) in [6.07, 6.45) is -0.561. The van der Waals surface area contributed by atoms with Crippen molar-refractivity contribution in [2.45, 2.75) is 13.1 Å². The highest BCUT2D eigenvalue weighted by molar-refractivity contribution is 7.16. The van der Waals surface area contributed by atoms with Crippen LogP contribution in [0.5, 0.6) is 11.6 Å². The van der Waals surface area contributed by atoms with Crippen LogP contribution in [0.4, 0.5) is 18.9 Å². The molecule has 204 valence electrons. The van der Waals surface area contributed by atoms with Crippen molar-refractivity contribution in [3.8, 4) is 22.9 Å². The van der Waals surface area contributed by atoms with Gasteiger partial charge >= 0.3 is 6.18 Å². The van der Waals surface area contributed by atoms with E-state index < -0.39 is 17.6 Å². The number of ether oxygens (including phenoxy) is 1. The van der Waals surface area contributed by atoms with Crippen molar-refractivity contribution < 1.29 is 27.5 Å². The van der Waals surface area contributed by atoms with Gasteiger partial charge in [-0.05, 0) is 36.4 Å². The highest BCUT2D eigenvalue weighted by atomic mass is 32.1. The number of rotatable bonds is 5. The third-order valence-corrected chi connectivity index (χ3v) is 6.12. The van der Waals surface area contributed by atoms with Gasteiger partial charge in [0, 0.05) is 38.0 Å². The van der Waals surface area contributed by atoms with Gasteiger partial charge in [0.05, 0.1) is 32.7 Å². The predicted molar refractivity (Wildman–Crippen MR) is 144 cm³/mol. The summed E-state index contributed by atoms with van der Waals surface area (Å²) in [6, 6.07) is 13.0. The van der Waals surface area contributed by atoms with Crippen LogP contribution in [-0.4, -0.2) is 38.8 Å². The summed E-state index contributed by atoms with van der Waals surface area (Å²) in [6.45, 7) is 1.47. The number of thiazole rings is 1. The number of halogens is 3. The molecule has 9 nitrogen and oxygen atoms in total. The maximum atomic E-state index is 13.4.